The van der Waals surface area contributed by atoms with E-state index in [9.17, 15) is 18.4 Å². The number of halogens is 4. The first kappa shape index (κ1) is 21.7. The van der Waals surface area contributed by atoms with E-state index in [4.69, 9.17) is 13.0 Å². The molecule has 1 aliphatic carbocycles. The van der Waals surface area contributed by atoms with Crippen LogP contribution in [-0.4, -0.2) is 18.5 Å². The maximum atomic E-state index is 10.7. The highest BCUT2D eigenvalue weighted by Gasteiger charge is 2.37. The van der Waals surface area contributed by atoms with Crippen LogP contribution in [0.2, 0.25) is 0 Å². The summed E-state index contributed by atoms with van der Waals surface area (Å²) in [7, 11) is -6.09. The van der Waals surface area contributed by atoms with Crippen LogP contribution in [0.25, 0.3) is 0 Å². The van der Waals surface area contributed by atoms with Crippen molar-refractivity contribution in [3.63, 3.8) is 0 Å². The van der Waals surface area contributed by atoms with Crippen molar-refractivity contribution in [1.82, 2.24) is 0 Å². The molecule has 25 heavy (non-hydrogen) atoms. The van der Waals surface area contributed by atoms with E-state index in [0.717, 1.165) is 18.4 Å². The summed E-state index contributed by atoms with van der Waals surface area (Å²) in [5, 5.41) is 9.23. The third kappa shape index (κ3) is 6.80. The van der Waals surface area contributed by atoms with Crippen LogP contribution < -0.4 is 21.2 Å². The molecule has 0 spiro atoms. The highest BCUT2D eigenvalue weighted by molar-refractivity contribution is 7.86. The zero-order valence-corrected chi connectivity index (χ0v) is 16.1. The van der Waals surface area contributed by atoms with Gasteiger partial charge in [-0.05, 0) is 18.6 Å². The van der Waals surface area contributed by atoms with Crippen molar-refractivity contribution >= 4 is 10.1 Å². The summed E-state index contributed by atoms with van der Waals surface area (Å²) in [5.41, 5.74) is -4.64. The highest BCUT2D eigenvalue weighted by Crippen LogP contribution is 2.21. The molecule has 0 saturated carbocycles. The fraction of sp³-hybridized carbons (Fsp3) is 0.312. The zero-order chi connectivity index (χ0) is 19.1. The van der Waals surface area contributed by atoms with Gasteiger partial charge in [0.2, 0.25) is 0 Å². The molecule has 1 aliphatic rings. The Hall–Kier alpha value is -1.38. The van der Waals surface area contributed by atoms with Crippen LogP contribution in [0.3, 0.4) is 0 Å². The summed E-state index contributed by atoms with van der Waals surface area (Å²) < 4.78 is 61.7. The Balaban J connectivity index is 0.000000333. The van der Waals surface area contributed by atoms with Crippen molar-refractivity contribution in [1.29, 1.82) is 5.26 Å². The maximum absolute atomic E-state index is 10.7. The van der Waals surface area contributed by atoms with Gasteiger partial charge in [-0.15, -0.1) is 0 Å². The summed E-state index contributed by atoms with van der Waals surface area (Å²) in [5.74, 6) is 0.492. The molecule has 0 aliphatic heterocycles. The van der Waals surface area contributed by atoms with Gasteiger partial charge in [0.1, 0.15) is 0 Å². The third-order valence-electron chi connectivity index (χ3n) is 3.11. The number of benzene rings is 1. The van der Waals surface area contributed by atoms with E-state index < -0.39 is 15.6 Å². The van der Waals surface area contributed by atoms with Crippen LogP contribution >= 0.6 is 0 Å². The molecule has 0 radical (unpaired) electrons. The predicted octanol–water partition coefficient (Wildman–Crippen LogP) is 0.760. The fourth-order valence-corrected chi connectivity index (χ4v) is 5.05. The van der Waals surface area contributed by atoms with E-state index in [1.807, 2.05) is 6.07 Å². The minimum Gasteiger partial charge on any atom is -0.741 e. The zero-order valence-electron chi connectivity index (χ0n) is 13.1. The van der Waals surface area contributed by atoms with Crippen molar-refractivity contribution < 1.29 is 47.3 Å². The molecule has 0 heterocycles. The van der Waals surface area contributed by atoms with E-state index in [1.165, 1.54) is 7.15 Å². The second-order valence-corrected chi connectivity index (χ2v) is 9.19. The molecule has 2 rings (SSSR count). The van der Waals surface area contributed by atoms with Crippen LogP contribution in [-0.2, 0) is 10.1 Å². The van der Waals surface area contributed by atoms with Gasteiger partial charge in [-0.3, -0.25) is 0 Å². The molecule has 0 bridgehead atoms. The molecule has 1 atom stereocenters. The number of hydrogen-bond donors (Lipinski definition) is 0. The lowest BCUT2D eigenvalue weighted by atomic mass is 9.96. The van der Waals surface area contributed by atoms with Crippen LogP contribution in [0, 0.1) is 20.8 Å². The Labute approximate surface area is 155 Å². The lowest BCUT2D eigenvalue weighted by Crippen LogP contribution is -3.61. The Morgan fingerprint density at radius 1 is 1.32 bits per heavy atom. The van der Waals surface area contributed by atoms with Gasteiger partial charge in [-0.2, -0.15) is 18.4 Å². The maximum Gasteiger partial charge on any atom is 0.485 e. The molecule has 136 valence electrons. The smallest absolute Gasteiger partial charge is 0.485 e. The molecule has 9 heteroatoms. The first-order chi connectivity index (χ1) is 11.6. The molecule has 0 N–H and O–H groups in total. The van der Waals surface area contributed by atoms with E-state index in [-0.39, 0.29) is 21.2 Å². The van der Waals surface area contributed by atoms with Gasteiger partial charge in [0.05, 0.1) is 11.6 Å². The van der Waals surface area contributed by atoms with Gasteiger partial charge in [-0.1, -0.05) is 37.3 Å². The molecule has 1 unspecified atom stereocenters. The van der Waals surface area contributed by atoms with Gasteiger partial charge in [-0.25, -0.2) is 8.42 Å². The second kappa shape index (κ2) is 9.35. The summed E-state index contributed by atoms with van der Waals surface area (Å²) in [6.45, 7) is 2.20. The lowest BCUT2D eigenvalue weighted by molar-refractivity contribution is -0.583. The Kier molecular flexibility index (Phi) is 8.11. The molecule has 0 fully saturated rings. The lowest BCUT2D eigenvalue weighted by Gasteiger charge is -2.11. The van der Waals surface area contributed by atoms with Crippen molar-refractivity contribution in [2.45, 2.75) is 25.3 Å². The van der Waals surface area contributed by atoms with Crippen molar-refractivity contribution in [2.24, 2.45) is 5.92 Å². The quantitative estimate of drug-likeness (QED) is 0.274. The minimum atomic E-state index is -6.09. The van der Waals surface area contributed by atoms with Gasteiger partial charge in [0, 0.05) is 12.3 Å². The van der Waals surface area contributed by atoms with E-state index in [0.29, 0.717) is 5.92 Å². The molecule has 4 nitrogen and oxygen atoms in total. The van der Waals surface area contributed by atoms with E-state index in [1.54, 1.807) is 0 Å². The molecule has 0 aromatic heterocycles. The summed E-state index contributed by atoms with van der Waals surface area (Å²) in [6, 6.07) is 13.0. The molecular weight excluding hydrogens is 470 g/mol. The van der Waals surface area contributed by atoms with Crippen molar-refractivity contribution in [3.8, 4) is 6.07 Å². The van der Waals surface area contributed by atoms with Crippen LogP contribution in [0.4, 0.5) is 13.2 Å². The van der Waals surface area contributed by atoms with E-state index in [2.05, 4.69) is 49.4 Å². The Morgan fingerprint density at radius 2 is 1.88 bits per heavy atom. The number of hydrogen-bond acceptors (Lipinski definition) is 4. The predicted molar refractivity (Wildman–Crippen MR) is 81.1 cm³/mol. The van der Waals surface area contributed by atoms with Crippen LogP contribution in [0.15, 0.2) is 51.6 Å². The molecule has 1 aromatic rings. The van der Waals surface area contributed by atoms with Gasteiger partial charge in [0.25, 0.3) is 0 Å². The standard InChI is InChI=1S/C15H15IN.CHF3O3S/c1-2-12-7-6-8-13(11-17)15(12)16-14-9-4-3-5-10-14;2-1(3,4)8(5,6)7/h3-7,9-10,12H,2,8H2,1H3;(H,5,6,7)/q+1;/p-1. The van der Waals surface area contributed by atoms with Crippen molar-refractivity contribution in [2.75, 3.05) is 0 Å². The largest absolute Gasteiger partial charge is 0.741 e. The second-order valence-electron chi connectivity index (χ2n) is 4.88. The Morgan fingerprint density at radius 3 is 2.32 bits per heavy atom. The number of nitriles is 1. The number of allylic oxidation sites excluding steroid dienone is 4. The molecule has 0 saturated heterocycles. The molecular formula is C16H15F3INO3S. The normalized spacial score (nSPS) is 17.5. The van der Waals surface area contributed by atoms with Gasteiger partial charge >= 0.3 is 26.7 Å². The molecule has 1 aromatic carbocycles. The minimum absolute atomic E-state index is 0.182. The van der Waals surface area contributed by atoms with Gasteiger partial charge in [0.15, 0.2) is 17.3 Å². The summed E-state index contributed by atoms with van der Waals surface area (Å²) in [6.07, 6.45) is 6.35. The van der Waals surface area contributed by atoms with Crippen molar-refractivity contribution in [3.05, 3.63) is 55.2 Å². The fourth-order valence-electron chi connectivity index (χ4n) is 1.89. The molecule has 0 amide bonds. The first-order valence-electron chi connectivity index (χ1n) is 7.12. The number of alkyl halides is 3. The first-order valence-corrected chi connectivity index (χ1v) is 10.7. The average molecular weight is 485 g/mol. The Bertz CT molecular complexity index is 781. The number of rotatable bonds is 3. The van der Waals surface area contributed by atoms with E-state index >= 15 is 0 Å². The summed E-state index contributed by atoms with van der Waals surface area (Å²) in [4.78, 5) is 0. The number of nitrogens with zero attached hydrogens (tertiary/aromatic N) is 1. The third-order valence-corrected chi connectivity index (χ3v) is 7.05. The monoisotopic (exact) mass is 485 g/mol. The topological polar surface area (TPSA) is 81.0 Å². The highest BCUT2D eigenvalue weighted by atomic mass is 127. The van der Waals surface area contributed by atoms with Crippen LogP contribution in [0.1, 0.15) is 19.8 Å². The summed E-state index contributed by atoms with van der Waals surface area (Å²) >= 11 is -0.182. The average Bonchev–Trinajstić information content (AvgIpc) is 2.54. The van der Waals surface area contributed by atoms with Crippen LogP contribution in [0.5, 0.6) is 0 Å². The SMILES string of the molecule is CCC1C=CCC(C#N)=C1[I+]c1ccccc1.O=S(=O)([O-])C(F)(F)F. The van der Waals surface area contributed by atoms with Gasteiger partial charge < -0.3 is 4.55 Å².